The van der Waals surface area contributed by atoms with Crippen molar-refractivity contribution in [3.8, 4) is 0 Å². The van der Waals surface area contributed by atoms with Crippen molar-refractivity contribution < 1.29 is 9.21 Å². The number of hydrogen-bond acceptors (Lipinski definition) is 6. The van der Waals surface area contributed by atoms with E-state index < -0.39 is 0 Å². The number of aromatic nitrogens is 2. The second kappa shape index (κ2) is 8.11. The minimum absolute atomic E-state index is 0.0265. The molecule has 1 aliphatic heterocycles. The summed E-state index contributed by atoms with van der Waals surface area (Å²) in [6.07, 6.45) is 8.63. The van der Waals surface area contributed by atoms with Gasteiger partial charge >= 0.3 is 0 Å². The molecule has 0 spiro atoms. The van der Waals surface area contributed by atoms with Gasteiger partial charge in [0.05, 0.1) is 24.4 Å². The molecule has 3 rings (SSSR count). The average Bonchev–Trinajstić information content (AvgIpc) is 3.16. The van der Waals surface area contributed by atoms with Crippen molar-refractivity contribution in [3.63, 3.8) is 0 Å². The molecule has 2 aromatic rings. The third-order valence-corrected chi connectivity index (χ3v) is 4.63. The number of carbonyl (C=O) groups excluding carboxylic acids is 1. The lowest BCUT2D eigenvalue weighted by Gasteiger charge is -2.33. The van der Waals surface area contributed by atoms with Crippen LogP contribution < -0.4 is 10.2 Å². The topological polar surface area (TPSA) is 74.5 Å². The maximum absolute atomic E-state index is 12.6. The first-order valence-electron chi connectivity index (χ1n) is 8.63. The van der Waals surface area contributed by atoms with Gasteiger partial charge in [-0.25, -0.2) is 4.98 Å². The number of piperidine rings is 1. The second-order valence-corrected chi connectivity index (χ2v) is 6.59. The molecule has 0 unspecified atom stereocenters. The van der Waals surface area contributed by atoms with Crippen LogP contribution in [0.2, 0.25) is 0 Å². The van der Waals surface area contributed by atoms with Crippen molar-refractivity contribution in [1.29, 1.82) is 0 Å². The highest BCUT2D eigenvalue weighted by molar-refractivity contribution is 5.79. The number of nitrogens with one attached hydrogen (secondary N) is 1. The molecule has 134 valence electrons. The van der Waals surface area contributed by atoms with Crippen LogP contribution >= 0.6 is 0 Å². The second-order valence-electron chi connectivity index (χ2n) is 6.59. The van der Waals surface area contributed by atoms with Crippen molar-refractivity contribution in [2.45, 2.75) is 18.9 Å². The lowest BCUT2D eigenvalue weighted by Crippen LogP contribution is -2.45. The van der Waals surface area contributed by atoms with Gasteiger partial charge in [0.25, 0.3) is 0 Å². The average molecular weight is 343 g/mol. The molecular weight excluding hydrogens is 318 g/mol. The van der Waals surface area contributed by atoms with Crippen LogP contribution in [0.1, 0.15) is 24.6 Å². The van der Waals surface area contributed by atoms with Gasteiger partial charge in [0.15, 0.2) is 0 Å². The fourth-order valence-electron chi connectivity index (χ4n) is 3.21. The van der Waals surface area contributed by atoms with Gasteiger partial charge < -0.3 is 14.6 Å². The van der Waals surface area contributed by atoms with Gasteiger partial charge in [-0.05, 0) is 39.1 Å². The van der Waals surface area contributed by atoms with E-state index in [1.807, 2.05) is 31.1 Å². The summed E-state index contributed by atoms with van der Waals surface area (Å²) < 4.78 is 5.49. The zero-order chi connectivity index (χ0) is 17.6. The van der Waals surface area contributed by atoms with Crippen LogP contribution in [-0.2, 0) is 4.79 Å². The van der Waals surface area contributed by atoms with Gasteiger partial charge in [0.2, 0.25) is 5.91 Å². The third-order valence-electron chi connectivity index (χ3n) is 4.63. The molecule has 0 aromatic carbocycles. The van der Waals surface area contributed by atoms with Crippen molar-refractivity contribution in [2.24, 2.45) is 5.92 Å². The molecule has 0 aliphatic carbocycles. The molecule has 1 N–H and O–H groups in total. The number of rotatable bonds is 6. The number of hydrogen-bond donors (Lipinski definition) is 1. The molecule has 3 heterocycles. The van der Waals surface area contributed by atoms with E-state index in [0.29, 0.717) is 13.1 Å². The molecule has 0 radical (unpaired) electrons. The summed E-state index contributed by atoms with van der Waals surface area (Å²) >= 11 is 0. The van der Waals surface area contributed by atoms with Crippen molar-refractivity contribution >= 4 is 11.7 Å². The Kier molecular flexibility index (Phi) is 5.65. The van der Waals surface area contributed by atoms with E-state index in [2.05, 4.69) is 20.2 Å². The smallest absolute Gasteiger partial charge is 0.224 e. The summed E-state index contributed by atoms with van der Waals surface area (Å²) in [6.45, 7) is 2.12. The molecule has 2 atom stereocenters. The molecule has 1 aliphatic rings. The van der Waals surface area contributed by atoms with Crippen LogP contribution in [0.15, 0.2) is 41.4 Å². The van der Waals surface area contributed by atoms with E-state index in [0.717, 1.165) is 31.0 Å². The van der Waals surface area contributed by atoms with Gasteiger partial charge in [0.1, 0.15) is 11.6 Å². The predicted octanol–water partition coefficient (Wildman–Crippen LogP) is 1.71. The Hall–Kier alpha value is -2.41. The summed E-state index contributed by atoms with van der Waals surface area (Å²) in [7, 11) is 3.96. The first kappa shape index (κ1) is 17.4. The van der Waals surface area contributed by atoms with Gasteiger partial charge in [-0.2, -0.15) is 0 Å². The number of carbonyl (C=O) groups is 1. The van der Waals surface area contributed by atoms with Gasteiger partial charge in [0, 0.05) is 32.0 Å². The number of nitrogens with zero attached hydrogens (tertiary/aromatic N) is 4. The number of furan rings is 1. The minimum atomic E-state index is -0.0323. The molecule has 7 heteroatoms. The highest BCUT2D eigenvalue weighted by Crippen LogP contribution is 2.22. The van der Waals surface area contributed by atoms with Crippen molar-refractivity contribution in [1.82, 2.24) is 20.2 Å². The highest BCUT2D eigenvalue weighted by Gasteiger charge is 2.27. The summed E-state index contributed by atoms with van der Waals surface area (Å²) in [5, 5.41) is 3.09. The number of amides is 1. The zero-order valence-corrected chi connectivity index (χ0v) is 14.8. The Morgan fingerprint density at radius 2 is 2.36 bits per heavy atom. The van der Waals surface area contributed by atoms with Gasteiger partial charge in [-0.3, -0.25) is 14.7 Å². The summed E-state index contributed by atoms with van der Waals surface area (Å²) in [5.41, 5.74) is 0. The van der Waals surface area contributed by atoms with Crippen LogP contribution in [0, 0.1) is 5.92 Å². The van der Waals surface area contributed by atoms with E-state index in [4.69, 9.17) is 4.42 Å². The molecule has 25 heavy (non-hydrogen) atoms. The highest BCUT2D eigenvalue weighted by atomic mass is 16.3. The molecule has 1 fully saturated rings. The number of likely N-dealkylation sites (N-methyl/N-ethyl adjacent to an activating group) is 1. The molecular formula is C18H25N5O2. The summed E-state index contributed by atoms with van der Waals surface area (Å²) in [5.74, 6) is 1.75. The molecule has 1 saturated heterocycles. The standard InChI is InChI=1S/C18H25N5O2/c1-22(2)15(16-6-4-10-25-16)11-21-18(24)14-5-3-9-23(13-14)17-12-19-7-8-20-17/h4,6-8,10,12,14-15H,3,5,9,11,13H2,1-2H3,(H,21,24)/t14-,15-/m0/s1. The maximum Gasteiger partial charge on any atom is 0.224 e. The summed E-state index contributed by atoms with van der Waals surface area (Å²) in [6, 6.07) is 3.83. The van der Waals surface area contributed by atoms with Crippen LogP contribution in [0.25, 0.3) is 0 Å². The quantitative estimate of drug-likeness (QED) is 0.861. The molecule has 1 amide bonds. The number of anilines is 1. The van der Waals surface area contributed by atoms with E-state index in [1.54, 1.807) is 24.9 Å². The molecule has 7 nitrogen and oxygen atoms in total. The maximum atomic E-state index is 12.6. The van der Waals surface area contributed by atoms with Crippen LogP contribution in [0.3, 0.4) is 0 Å². The van der Waals surface area contributed by atoms with Crippen molar-refractivity contribution in [3.05, 3.63) is 42.7 Å². The predicted molar refractivity (Wildman–Crippen MR) is 95.1 cm³/mol. The van der Waals surface area contributed by atoms with Crippen LogP contribution in [0.4, 0.5) is 5.82 Å². The lowest BCUT2D eigenvalue weighted by molar-refractivity contribution is -0.125. The fraction of sp³-hybridized carbons (Fsp3) is 0.500. The Labute approximate surface area is 148 Å². The minimum Gasteiger partial charge on any atom is -0.468 e. The third kappa shape index (κ3) is 4.36. The Balaban J connectivity index is 1.57. The van der Waals surface area contributed by atoms with Crippen LogP contribution in [-0.4, -0.2) is 54.5 Å². The Morgan fingerprint density at radius 3 is 3.04 bits per heavy atom. The monoisotopic (exact) mass is 343 g/mol. The van der Waals surface area contributed by atoms with E-state index in [-0.39, 0.29) is 17.9 Å². The van der Waals surface area contributed by atoms with E-state index >= 15 is 0 Å². The zero-order valence-electron chi connectivity index (χ0n) is 14.8. The van der Waals surface area contributed by atoms with Gasteiger partial charge in [-0.1, -0.05) is 0 Å². The first-order valence-corrected chi connectivity index (χ1v) is 8.63. The Morgan fingerprint density at radius 1 is 1.48 bits per heavy atom. The van der Waals surface area contributed by atoms with Crippen LogP contribution in [0.5, 0.6) is 0 Å². The fourth-order valence-corrected chi connectivity index (χ4v) is 3.21. The molecule has 0 bridgehead atoms. The molecule has 0 saturated carbocycles. The van der Waals surface area contributed by atoms with E-state index in [9.17, 15) is 4.79 Å². The largest absolute Gasteiger partial charge is 0.468 e. The van der Waals surface area contributed by atoms with E-state index in [1.165, 1.54) is 0 Å². The lowest BCUT2D eigenvalue weighted by atomic mass is 9.97. The van der Waals surface area contributed by atoms with Crippen molar-refractivity contribution in [2.75, 3.05) is 38.6 Å². The Bertz CT molecular complexity index is 659. The first-order chi connectivity index (χ1) is 12.1. The molecule has 2 aromatic heterocycles. The van der Waals surface area contributed by atoms with Gasteiger partial charge in [-0.15, -0.1) is 0 Å². The SMILES string of the molecule is CN(C)[C@@H](CNC(=O)[C@H]1CCCN(c2cnccn2)C1)c1ccco1. The summed E-state index contributed by atoms with van der Waals surface area (Å²) in [4.78, 5) is 25.3. The normalized spacial score (nSPS) is 19.0.